The van der Waals surface area contributed by atoms with Crippen molar-refractivity contribution in [1.29, 1.82) is 0 Å². The predicted molar refractivity (Wildman–Crippen MR) is 169 cm³/mol. The molecule has 0 bridgehead atoms. The molecule has 46 heavy (non-hydrogen) atoms. The third kappa shape index (κ3) is 8.21. The van der Waals surface area contributed by atoms with E-state index in [4.69, 9.17) is 0 Å². The van der Waals surface area contributed by atoms with Crippen molar-refractivity contribution in [3.63, 3.8) is 0 Å². The number of hydrazone groups is 2. The molecule has 0 atom stereocenters. The molecule has 4 rings (SSSR count). The molecule has 0 spiro atoms. The largest absolute Gasteiger partial charge is 0.321 e. The molecule has 1 heterocycles. The lowest BCUT2D eigenvalue weighted by atomic mass is 10.1. The third-order valence-corrected chi connectivity index (χ3v) is 9.22. The highest BCUT2D eigenvalue weighted by Crippen LogP contribution is 2.24. The monoisotopic (exact) mass is 675 g/mol. The molecule has 242 valence electrons. The Morgan fingerprint density at radius 3 is 1.46 bits per heavy atom. The van der Waals surface area contributed by atoms with Crippen LogP contribution in [0.5, 0.6) is 0 Å². The van der Waals surface area contributed by atoms with Crippen molar-refractivity contribution in [1.82, 2.24) is 19.4 Å². The summed E-state index contributed by atoms with van der Waals surface area (Å²) < 4.78 is 94.1. The molecular formula is C28H28F3N9O4S2. The van der Waals surface area contributed by atoms with Crippen LogP contribution in [0.15, 0.2) is 86.7 Å². The number of nitrogens with zero attached hydrogens (tertiary/aromatic N) is 4. The standard InChI is InChI=1S/C28H28F3N9O4S2/c1-16(18-5-9-20(10-6-18)45(41,42)32-3)37-39-26-15-27(36-28(35-26)34-25-14-23(30)22(29)13-24(25)31)40-38-17(2)19-7-11-21(12-8-19)46(43,44)33-4/h5-15,32-33H,1-4H3,(H3,34,35,36,39,40)/b37-16-,38-17-. The lowest BCUT2D eigenvalue weighted by Gasteiger charge is -2.11. The molecule has 0 saturated heterocycles. The molecule has 4 aromatic rings. The van der Waals surface area contributed by atoms with Crippen LogP contribution in [0.3, 0.4) is 0 Å². The lowest BCUT2D eigenvalue weighted by molar-refractivity contribution is 0.496. The Morgan fingerprint density at radius 2 is 1.04 bits per heavy atom. The number of nitrogens with one attached hydrogen (secondary N) is 5. The highest BCUT2D eigenvalue weighted by Gasteiger charge is 2.14. The van der Waals surface area contributed by atoms with Gasteiger partial charge in [-0.25, -0.2) is 39.5 Å². The number of hydrogen-bond donors (Lipinski definition) is 5. The summed E-state index contributed by atoms with van der Waals surface area (Å²) in [7, 11) is -4.64. The molecular weight excluding hydrogens is 647 g/mol. The summed E-state index contributed by atoms with van der Waals surface area (Å²) in [5, 5.41) is 11.0. The van der Waals surface area contributed by atoms with E-state index in [0.717, 1.165) is 0 Å². The van der Waals surface area contributed by atoms with Gasteiger partial charge in [0.25, 0.3) is 0 Å². The average molecular weight is 676 g/mol. The van der Waals surface area contributed by atoms with Gasteiger partial charge in [-0.15, -0.1) is 0 Å². The first-order valence-electron chi connectivity index (χ1n) is 13.2. The molecule has 1 aromatic heterocycles. The fourth-order valence-electron chi connectivity index (χ4n) is 3.75. The number of hydrogen-bond acceptors (Lipinski definition) is 11. The van der Waals surface area contributed by atoms with E-state index in [0.29, 0.717) is 34.7 Å². The highest BCUT2D eigenvalue weighted by atomic mass is 32.2. The second kappa shape index (κ2) is 14.0. The summed E-state index contributed by atoms with van der Waals surface area (Å²) in [6.45, 7) is 3.32. The Kier molecular flexibility index (Phi) is 10.4. The summed E-state index contributed by atoms with van der Waals surface area (Å²) in [6, 6.07) is 14.3. The van der Waals surface area contributed by atoms with Crippen LogP contribution in [-0.2, 0) is 20.0 Å². The van der Waals surface area contributed by atoms with Crippen molar-refractivity contribution in [3.8, 4) is 0 Å². The molecule has 0 amide bonds. The van der Waals surface area contributed by atoms with Crippen LogP contribution in [0, 0.1) is 17.5 Å². The lowest BCUT2D eigenvalue weighted by Crippen LogP contribution is -2.18. The van der Waals surface area contributed by atoms with Gasteiger partial charge in [-0.1, -0.05) is 24.3 Å². The number of sulfonamides is 2. The molecule has 5 N–H and O–H groups in total. The minimum Gasteiger partial charge on any atom is -0.321 e. The van der Waals surface area contributed by atoms with E-state index in [9.17, 15) is 30.0 Å². The summed E-state index contributed by atoms with van der Waals surface area (Å²) in [6.07, 6.45) is 0. The normalized spacial score (nSPS) is 12.6. The van der Waals surface area contributed by atoms with Gasteiger partial charge in [-0.3, -0.25) is 10.9 Å². The number of aromatic nitrogens is 2. The number of benzene rings is 3. The Morgan fingerprint density at radius 1 is 0.630 bits per heavy atom. The van der Waals surface area contributed by atoms with Gasteiger partial charge in [0.2, 0.25) is 26.0 Å². The minimum absolute atomic E-state index is 0.0704. The van der Waals surface area contributed by atoms with Crippen molar-refractivity contribution in [2.75, 3.05) is 30.3 Å². The Hall–Kier alpha value is -4.91. The first-order valence-corrected chi connectivity index (χ1v) is 16.2. The van der Waals surface area contributed by atoms with E-state index in [1.54, 1.807) is 38.1 Å². The number of rotatable bonds is 12. The first kappa shape index (κ1) is 34.0. The Labute approximate surface area is 263 Å². The van der Waals surface area contributed by atoms with Crippen LogP contribution >= 0.6 is 0 Å². The zero-order chi connectivity index (χ0) is 33.6. The van der Waals surface area contributed by atoms with E-state index >= 15 is 0 Å². The third-order valence-electron chi connectivity index (χ3n) is 6.36. The van der Waals surface area contributed by atoms with Crippen molar-refractivity contribution in [2.45, 2.75) is 23.6 Å². The van der Waals surface area contributed by atoms with Crippen molar-refractivity contribution < 1.29 is 30.0 Å². The first-order chi connectivity index (χ1) is 21.7. The molecule has 0 aliphatic carbocycles. The van der Waals surface area contributed by atoms with Crippen LogP contribution in [0.25, 0.3) is 0 Å². The van der Waals surface area contributed by atoms with Crippen LogP contribution in [-0.4, -0.2) is 52.3 Å². The van der Waals surface area contributed by atoms with Crippen LogP contribution in [0.4, 0.5) is 36.4 Å². The van der Waals surface area contributed by atoms with Gasteiger partial charge >= 0.3 is 0 Å². The smallest absolute Gasteiger partial charge is 0.240 e. The maximum atomic E-state index is 14.4. The van der Waals surface area contributed by atoms with Gasteiger partial charge in [0.05, 0.1) is 26.9 Å². The minimum atomic E-state index is -3.62. The SMILES string of the molecule is CNS(=O)(=O)c1ccc(/C(C)=N\Nc2cc(N/N=C(/C)c3ccc(S(=O)(=O)NC)cc3)nc(Nc3cc(F)c(F)cc3F)n2)cc1. The Bertz CT molecular complexity index is 1910. The zero-order valence-electron chi connectivity index (χ0n) is 24.7. The average Bonchev–Trinajstić information content (AvgIpc) is 3.05. The molecule has 0 aliphatic heterocycles. The molecule has 13 nitrogen and oxygen atoms in total. The van der Waals surface area contributed by atoms with Gasteiger partial charge in [-0.2, -0.15) is 20.2 Å². The molecule has 0 aliphatic rings. The molecule has 0 fully saturated rings. The number of anilines is 4. The van der Waals surface area contributed by atoms with Gasteiger partial charge < -0.3 is 5.32 Å². The van der Waals surface area contributed by atoms with Gasteiger partial charge in [0.15, 0.2) is 23.3 Å². The van der Waals surface area contributed by atoms with Gasteiger partial charge in [-0.05, 0) is 63.3 Å². The molecule has 0 unspecified atom stereocenters. The van der Waals surface area contributed by atoms with Gasteiger partial charge in [0.1, 0.15) is 5.82 Å². The predicted octanol–water partition coefficient (Wildman–Crippen LogP) is 4.13. The quantitative estimate of drug-likeness (QED) is 0.0839. The topological polar surface area (TPSA) is 179 Å². The Balaban J connectivity index is 1.63. The maximum absolute atomic E-state index is 14.4. The van der Waals surface area contributed by atoms with Crippen LogP contribution < -0.4 is 25.6 Å². The molecule has 0 saturated carbocycles. The van der Waals surface area contributed by atoms with Crippen molar-refractivity contribution in [3.05, 3.63) is 95.3 Å². The van der Waals surface area contributed by atoms with E-state index in [-0.39, 0.29) is 27.4 Å². The van der Waals surface area contributed by atoms with Crippen molar-refractivity contribution in [2.24, 2.45) is 10.2 Å². The summed E-state index contributed by atoms with van der Waals surface area (Å²) in [5.74, 6) is -3.84. The number of halogens is 3. The molecule has 18 heteroatoms. The van der Waals surface area contributed by atoms with E-state index < -0.39 is 43.2 Å². The van der Waals surface area contributed by atoms with Crippen LogP contribution in [0.2, 0.25) is 0 Å². The molecule has 3 aromatic carbocycles. The summed E-state index contributed by atoms with van der Waals surface area (Å²) in [5.41, 5.74) is 7.10. The second-order valence-electron chi connectivity index (χ2n) is 9.42. The second-order valence-corrected chi connectivity index (χ2v) is 13.2. The summed E-state index contributed by atoms with van der Waals surface area (Å²) in [4.78, 5) is 8.56. The maximum Gasteiger partial charge on any atom is 0.240 e. The van der Waals surface area contributed by atoms with E-state index in [2.05, 4.69) is 45.8 Å². The van der Waals surface area contributed by atoms with Crippen molar-refractivity contribution >= 4 is 54.7 Å². The van der Waals surface area contributed by atoms with E-state index in [1.165, 1.54) is 44.4 Å². The fourth-order valence-corrected chi connectivity index (χ4v) is 5.21. The highest BCUT2D eigenvalue weighted by molar-refractivity contribution is 7.89. The fraction of sp³-hybridized carbons (Fsp3) is 0.143. The van der Waals surface area contributed by atoms with Crippen LogP contribution in [0.1, 0.15) is 25.0 Å². The summed E-state index contributed by atoms with van der Waals surface area (Å²) >= 11 is 0. The zero-order valence-corrected chi connectivity index (χ0v) is 26.4. The molecule has 0 radical (unpaired) electrons. The van der Waals surface area contributed by atoms with E-state index in [1.807, 2.05) is 0 Å². The van der Waals surface area contributed by atoms with Gasteiger partial charge in [0, 0.05) is 18.2 Å².